The largest absolute Gasteiger partial charge is 0.490 e. The molecule has 0 spiro atoms. The first-order valence-electron chi connectivity index (χ1n) is 12.1. The summed E-state index contributed by atoms with van der Waals surface area (Å²) in [7, 11) is 0. The maximum Gasteiger partial charge on any atom is 0.250 e. The Morgan fingerprint density at radius 1 is 1.12 bits per heavy atom. The van der Waals surface area contributed by atoms with Gasteiger partial charge in [0, 0.05) is 30.9 Å². The summed E-state index contributed by atoms with van der Waals surface area (Å²) in [5.74, 6) is 1.25. The van der Waals surface area contributed by atoms with Crippen molar-refractivity contribution in [1.82, 2.24) is 15.1 Å². The van der Waals surface area contributed by atoms with E-state index in [1.165, 1.54) is 5.56 Å². The molecule has 1 aromatic rings. The van der Waals surface area contributed by atoms with E-state index in [4.69, 9.17) is 4.74 Å². The molecular formula is C27H37N3O3. The normalized spacial score (nSPS) is 25.6. The molecule has 2 amide bonds. The van der Waals surface area contributed by atoms with E-state index < -0.39 is 0 Å². The van der Waals surface area contributed by atoms with Gasteiger partial charge in [0.15, 0.2) is 0 Å². The first-order valence-corrected chi connectivity index (χ1v) is 12.1. The molecule has 0 aliphatic carbocycles. The van der Waals surface area contributed by atoms with Crippen molar-refractivity contribution in [2.24, 2.45) is 5.92 Å². The summed E-state index contributed by atoms with van der Waals surface area (Å²) in [5.41, 5.74) is 1.90. The molecular weight excluding hydrogens is 414 g/mol. The van der Waals surface area contributed by atoms with E-state index in [0.29, 0.717) is 5.92 Å². The molecule has 1 N–H and O–H groups in total. The number of rotatable bonds is 7. The fourth-order valence-corrected chi connectivity index (χ4v) is 5.19. The van der Waals surface area contributed by atoms with Crippen LogP contribution >= 0.6 is 0 Å². The Labute approximate surface area is 197 Å². The SMILES string of the molecule is CC(C)C[C@H]1C(OC(C)(C)C)=CC(=O)N1[C@H]1CCN(C2=CC(=O)NC2Cc2ccccc2)C1. The van der Waals surface area contributed by atoms with Crippen LogP contribution in [0.2, 0.25) is 0 Å². The molecule has 1 saturated heterocycles. The Kier molecular flexibility index (Phi) is 6.55. The number of carbonyl (C=O) groups is 2. The van der Waals surface area contributed by atoms with Gasteiger partial charge in [0.1, 0.15) is 11.4 Å². The van der Waals surface area contributed by atoms with Crippen LogP contribution in [-0.2, 0) is 20.7 Å². The summed E-state index contributed by atoms with van der Waals surface area (Å²) in [6.45, 7) is 12.0. The van der Waals surface area contributed by atoms with E-state index in [0.717, 1.165) is 43.8 Å². The first-order chi connectivity index (χ1) is 15.6. The minimum atomic E-state index is -0.343. The molecule has 4 rings (SSSR count). The Hall–Kier alpha value is -2.76. The summed E-state index contributed by atoms with van der Waals surface area (Å²) in [4.78, 5) is 29.7. The van der Waals surface area contributed by atoms with Crippen molar-refractivity contribution >= 4 is 11.8 Å². The van der Waals surface area contributed by atoms with Crippen molar-refractivity contribution in [1.29, 1.82) is 0 Å². The van der Waals surface area contributed by atoms with Crippen molar-refractivity contribution < 1.29 is 14.3 Å². The number of hydrogen-bond acceptors (Lipinski definition) is 4. The van der Waals surface area contributed by atoms with Crippen LogP contribution in [0.4, 0.5) is 0 Å². The summed E-state index contributed by atoms with van der Waals surface area (Å²) >= 11 is 0. The number of amides is 2. The Bertz CT molecular complexity index is 945. The lowest BCUT2D eigenvalue weighted by Gasteiger charge is -2.35. The summed E-state index contributed by atoms with van der Waals surface area (Å²) < 4.78 is 6.22. The predicted molar refractivity (Wildman–Crippen MR) is 129 cm³/mol. The van der Waals surface area contributed by atoms with E-state index >= 15 is 0 Å². The van der Waals surface area contributed by atoms with Gasteiger partial charge in [0.05, 0.1) is 18.1 Å². The van der Waals surface area contributed by atoms with Crippen LogP contribution in [-0.4, -0.2) is 58.4 Å². The third-order valence-electron chi connectivity index (χ3n) is 6.46. The second kappa shape index (κ2) is 9.24. The highest BCUT2D eigenvalue weighted by Crippen LogP contribution is 2.35. The maximum absolute atomic E-state index is 13.1. The van der Waals surface area contributed by atoms with Gasteiger partial charge >= 0.3 is 0 Å². The molecule has 0 radical (unpaired) electrons. The second-order valence-electron chi connectivity index (χ2n) is 10.9. The highest BCUT2D eigenvalue weighted by atomic mass is 16.5. The average molecular weight is 452 g/mol. The van der Waals surface area contributed by atoms with Gasteiger partial charge in [0.2, 0.25) is 5.91 Å². The Morgan fingerprint density at radius 2 is 1.85 bits per heavy atom. The van der Waals surface area contributed by atoms with Gasteiger partial charge in [-0.1, -0.05) is 44.2 Å². The Balaban J connectivity index is 1.48. The monoisotopic (exact) mass is 451 g/mol. The quantitative estimate of drug-likeness (QED) is 0.688. The molecule has 6 nitrogen and oxygen atoms in total. The molecule has 3 aliphatic heterocycles. The second-order valence-corrected chi connectivity index (χ2v) is 10.9. The average Bonchev–Trinajstić information content (AvgIpc) is 3.39. The van der Waals surface area contributed by atoms with E-state index in [1.54, 1.807) is 12.2 Å². The molecule has 6 heteroatoms. The van der Waals surface area contributed by atoms with Crippen molar-refractivity contribution in [3.8, 4) is 0 Å². The number of ether oxygens (including phenoxy) is 1. The molecule has 3 heterocycles. The molecule has 3 aliphatic rings. The van der Waals surface area contributed by atoms with Gasteiger partial charge in [-0.05, 0) is 51.5 Å². The topological polar surface area (TPSA) is 61.9 Å². The van der Waals surface area contributed by atoms with Crippen molar-refractivity contribution in [2.45, 2.75) is 77.6 Å². The number of nitrogens with one attached hydrogen (secondary N) is 1. The van der Waals surface area contributed by atoms with Crippen LogP contribution in [0.1, 0.15) is 53.0 Å². The number of carbonyl (C=O) groups excluding carboxylic acids is 2. The first kappa shape index (κ1) is 23.4. The predicted octanol–water partition coefficient (Wildman–Crippen LogP) is 3.64. The fourth-order valence-electron chi connectivity index (χ4n) is 5.19. The third kappa shape index (κ3) is 5.43. The molecule has 0 saturated carbocycles. The number of benzene rings is 1. The molecule has 1 fully saturated rings. The van der Waals surface area contributed by atoms with Crippen molar-refractivity contribution in [3.05, 3.63) is 59.5 Å². The van der Waals surface area contributed by atoms with E-state index in [2.05, 4.69) is 36.2 Å². The third-order valence-corrected chi connectivity index (χ3v) is 6.46. The highest BCUT2D eigenvalue weighted by molar-refractivity contribution is 5.92. The van der Waals surface area contributed by atoms with Crippen LogP contribution in [0.15, 0.2) is 53.9 Å². The van der Waals surface area contributed by atoms with Crippen LogP contribution in [0.5, 0.6) is 0 Å². The molecule has 3 atom stereocenters. The zero-order valence-electron chi connectivity index (χ0n) is 20.5. The molecule has 0 bridgehead atoms. The summed E-state index contributed by atoms with van der Waals surface area (Å²) in [6, 6.07) is 10.3. The lowest BCUT2D eigenvalue weighted by atomic mass is 10.0. The Morgan fingerprint density at radius 3 is 2.52 bits per heavy atom. The van der Waals surface area contributed by atoms with Crippen LogP contribution in [0, 0.1) is 5.92 Å². The van der Waals surface area contributed by atoms with E-state index in [-0.39, 0.29) is 35.5 Å². The minimum Gasteiger partial charge on any atom is -0.490 e. The van der Waals surface area contributed by atoms with Crippen molar-refractivity contribution in [3.63, 3.8) is 0 Å². The number of nitrogens with zero attached hydrogens (tertiary/aromatic N) is 2. The van der Waals surface area contributed by atoms with E-state index in [9.17, 15) is 9.59 Å². The zero-order chi connectivity index (χ0) is 23.8. The smallest absolute Gasteiger partial charge is 0.250 e. The molecule has 178 valence electrons. The van der Waals surface area contributed by atoms with Gasteiger partial charge in [-0.25, -0.2) is 0 Å². The lowest BCUT2D eigenvalue weighted by molar-refractivity contribution is -0.129. The summed E-state index contributed by atoms with van der Waals surface area (Å²) in [5, 5.41) is 3.11. The summed E-state index contributed by atoms with van der Waals surface area (Å²) in [6.07, 6.45) is 5.96. The minimum absolute atomic E-state index is 0.0286. The number of likely N-dealkylation sites (tertiary alicyclic amines) is 1. The molecule has 0 aromatic heterocycles. The van der Waals surface area contributed by atoms with Gasteiger partial charge < -0.3 is 19.9 Å². The van der Waals surface area contributed by atoms with Gasteiger partial charge in [-0.3, -0.25) is 9.59 Å². The standard InChI is InChI=1S/C27H37N3O3/c1-18(2)13-23-24(33-27(3,4)5)16-26(32)30(23)20-11-12-29(17-20)22-15-25(31)28-21(22)14-19-9-7-6-8-10-19/h6-10,15-16,18,20-21,23H,11-14,17H2,1-5H3,(H,28,31)/t20-,21?,23-/m0/s1. The van der Waals surface area contributed by atoms with Gasteiger partial charge in [0.25, 0.3) is 5.91 Å². The van der Waals surface area contributed by atoms with Crippen molar-refractivity contribution in [2.75, 3.05) is 13.1 Å². The molecule has 1 aromatic carbocycles. The van der Waals surface area contributed by atoms with Crippen LogP contribution in [0.25, 0.3) is 0 Å². The van der Waals surface area contributed by atoms with Crippen LogP contribution < -0.4 is 5.32 Å². The van der Waals surface area contributed by atoms with Gasteiger partial charge in [-0.2, -0.15) is 0 Å². The van der Waals surface area contributed by atoms with Crippen LogP contribution in [0.3, 0.4) is 0 Å². The number of hydrogen-bond donors (Lipinski definition) is 1. The van der Waals surface area contributed by atoms with Gasteiger partial charge in [-0.15, -0.1) is 0 Å². The molecule has 1 unspecified atom stereocenters. The highest BCUT2D eigenvalue weighted by Gasteiger charge is 2.43. The maximum atomic E-state index is 13.1. The molecule has 33 heavy (non-hydrogen) atoms. The van der Waals surface area contributed by atoms with E-state index in [1.807, 2.05) is 43.9 Å². The zero-order valence-corrected chi connectivity index (χ0v) is 20.5. The lowest BCUT2D eigenvalue weighted by Crippen LogP contribution is -2.46. The fraction of sp³-hybridized carbons (Fsp3) is 0.556.